The standard InChI is InChI=1S/C29H28BrFN2O4S/c1-3-35-14-13-33-28(34)27(38-29(33)32-23-11-6-5-7-12-23)17-21-16-25(36-4-2)26(18-24(21)30)37-19-20-9-8-10-22(31)15-20/h5-12,15-18H,3-4,13-14,19H2,1-2H3/b27-17-,32-29?. The maximum absolute atomic E-state index is 13.6. The highest BCUT2D eigenvalue weighted by molar-refractivity contribution is 9.10. The van der Waals surface area contributed by atoms with Crippen LogP contribution in [-0.2, 0) is 16.1 Å². The Hall–Kier alpha value is -3.14. The van der Waals surface area contributed by atoms with Crippen molar-refractivity contribution in [1.29, 1.82) is 0 Å². The summed E-state index contributed by atoms with van der Waals surface area (Å²) in [6.07, 6.45) is 1.82. The Morgan fingerprint density at radius 3 is 2.53 bits per heavy atom. The van der Waals surface area contributed by atoms with Crippen LogP contribution in [0.15, 0.2) is 81.1 Å². The van der Waals surface area contributed by atoms with Gasteiger partial charge in [0.05, 0.1) is 30.4 Å². The number of hydrogen-bond donors (Lipinski definition) is 0. The van der Waals surface area contributed by atoms with E-state index < -0.39 is 0 Å². The van der Waals surface area contributed by atoms with Crippen LogP contribution < -0.4 is 9.47 Å². The number of carbonyl (C=O) groups excluding carboxylic acids is 1. The number of halogens is 2. The Morgan fingerprint density at radius 2 is 1.79 bits per heavy atom. The Balaban J connectivity index is 1.61. The fraction of sp³-hybridized carbons (Fsp3) is 0.241. The number of benzene rings is 3. The van der Waals surface area contributed by atoms with E-state index in [0.717, 1.165) is 15.7 Å². The average Bonchev–Trinajstić information content (AvgIpc) is 3.19. The third kappa shape index (κ3) is 7.24. The van der Waals surface area contributed by atoms with Gasteiger partial charge in [-0.3, -0.25) is 9.69 Å². The van der Waals surface area contributed by atoms with Crippen molar-refractivity contribution in [2.45, 2.75) is 20.5 Å². The van der Waals surface area contributed by atoms with E-state index in [9.17, 15) is 9.18 Å². The summed E-state index contributed by atoms with van der Waals surface area (Å²) in [5.41, 5.74) is 2.23. The molecule has 38 heavy (non-hydrogen) atoms. The molecular weight excluding hydrogens is 571 g/mol. The maximum atomic E-state index is 13.6. The van der Waals surface area contributed by atoms with Gasteiger partial charge in [0, 0.05) is 11.1 Å². The van der Waals surface area contributed by atoms with Gasteiger partial charge >= 0.3 is 0 Å². The number of thioether (sulfide) groups is 1. The lowest BCUT2D eigenvalue weighted by atomic mass is 10.1. The molecule has 198 valence electrons. The lowest BCUT2D eigenvalue weighted by Crippen LogP contribution is -2.32. The molecule has 1 aliphatic rings. The smallest absolute Gasteiger partial charge is 0.266 e. The first-order valence-electron chi connectivity index (χ1n) is 12.2. The second-order valence-electron chi connectivity index (χ2n) is 8.17. The molecule has 1 fully saturated rings. The number of amidine groups is 1. The number of ether oxygens (including phenoxy) is 3. The number of para-hydroxylation sites is 1. The topological polar surface area (TPSA) is 60.4 Å². The van der Waals surface area contributed by atoms with Crippen molar-refractivity contribution in [2.75, 3.05) is 26.4 Å². The number of hydrogen-bond acceptors (Lipinski definition) is 6. The summed E-state index contributed by atoms with van der Waals surface area (Å²) in [5, 5.41) is 0.600. The summed E-state index contributed by atoms with van der Waals surface area (Å²) in [6, 6.07) is 19.4. The quantitative estimate of drug-likeness (QED) is 0.172. The highest BCUT2D eigenvalue weighted by atomic mass is 79.9. The third-order valence-electron chi connectivity index (χ3n) is 5.47. The molecule has 0 unspecified atom stereocenters. The number of nitrogens with zero attached hydrogens (tertiary/aromatic N) is 2. The molecule has 1 saturated heterocycles. The summed E-state index contributed by atoms with van der Waals surface area (Å²) in [7, 11) is 0. The molecule has 0 radical (unpaired) electrons. The predicted molar refractivity (Wildman–Crippen MR) is 153 cm³/mol. The lowest BCUT2D eigenvalue weighted by Gasteiger charge is -2.15. The summed E-state index contributed by atoms with van der Waals surface area (Å²) < 4.78 is 31.6. The molecule has 1 aliphatic heterocycles. The molecule has 3 aromatic carbocycles. The Labute approximate surface area is 234 Å². The van der Waals surface area contributed by atoms with E-state index in [-0.39, 0.29) is 18.3 Å². The van der Waals surface area contributed by atoms with Crippen LogP contribution in [0.5, 0.6) is 11.5 Å². The van der Waals surface area contributed by atoms with Crippen LogP contribution in [0, 0.1) is 5.82 Å². The monoisotopic (exact) mass is 598 g/mol. The second-order valence-corrected chi connectivity index (χ2v) is 10.0. The van der Waals surface area contributed by atoms with E-state index in [1.54, 1.807) is 23.1 Å². The van der Waals surface area contributed by atoms with E-state index in [0.29, 0.717) is 53.5 Å². The van der Waals surface area contributed by atoms with Gasteiger partial charge in [0.25, 0.3) is 5.91 Å². The van der Waals surface area contributed by atoms with E-state index in [4.69, 9.17) is 19.2 Å². The van der Waals surface area contributed by atoms with E-state index >= 15 is 0 Å². The van der Waals surface area contributed by atoms with Gasteiger partial charge in [-0.2, -0.15) is 0 Å². The zero-order chi connectivity index (χ0) is 26.9. The van der Waals surface area contributed by atoms with Crippen LogP contribution in [0.4, 0.5) is 10.1 Å². The van der Waals surface area contributed by atoms with Gasteiger partial charge in [0.2, 0.25) is 0 Å². The van der Waals surface area contributed by atoms with Crippen LogP contribution in [0.1, 0.15) is 25.0 Å². The zero-order valence-electron chi connectivity index (χ0n) is 21.2. The van der Waals surface area contributed by atoms with Crippen molar-refractivity contribution in [3.8, 4) is 11.5 Å². The molecule has 0 bridgehead atoms. The van der Waals surface area contributed by atoms with Gasteiger partial charge in [0.1, 0.15) is 12.4 Å². The van der Waals surface area contributed by atoms with Crippen LogP contribution >= 0.6 is 27.7 Å². The summed E-state index contributed by atoms with van der Waals surface area (Å²) in [5.74, 6) is 0.588. The minimum absolute atomic E-state index is 0.138. The summed E-state index contributed by atoms with van der Waals surface area (Å²) in [4.78, 5) is 20.3. The fourth-order valence-electron chi connectivity index (χ4n) is 3.67. The summed E-state index contributed by atoms with van der Waals surface area (Å²) >= 11 is 4.93. The van der Waals surface area contributed by atoms with Gasteiger partial charge < -0.3 is 14.2 Å². The van der Waals surface area contributed by atoms with Crippen molar-refractivity contribution < 1.29 is 23.4 Å². The van der Waals surface area contributed by atoms with E-state index in [1.165, 1.54) is 23.9 Å². The van der Waals surface area contributed by atoms with Crippen LogP contribution in [0.3, 0.4) is 0 Å². The molecular formula is C29H28BrFN2O4S. The van der Waals surface area contributed by atoms with Gasteiger partial charge in [-0.05, 0) is 79.2 Å². The van der Waals surface area contributed by atoms with Gasteiger partial charge in [0.15, 0.2) is 16.7 Å². The molecule has 1 amide bonds. The largest absolute Gasteiger partial charge is 0.490 e. The van der Waals surface area contributed by atoms with Crippen molar-refractivity contribution in [2.24, 2.45) is 4.99 Å². The molecule has 0 saturated carbocycles. The lowest BCUT2D eigenvalue weighted by molar-refractivity contribution is -0.122. The molecule has 0 aromatic heterocycles. The minimum atomic E-state index is -0.316. The maximum Gasteiger partial charge on any atom is 0.266 e. The normalized spacial score (nSPS) is 15.5. The molecule has 0 atom stereocenters. The van der Waals surface area contributed by atoms with Gasteiger partial charge in [-0.25, -0.2) is 9.38 Å². The number of rotatable bonds is 11. The first-order valence-corrected chi connectivity index (χ1v) is 13.9. The molecule has 0 N–H and O–H groups in total. The SMILES string of the molecule is CCOCCN1C(=O)/C(=C/c2cc(OCC)c(OCc3cccc(F)c3)cc2Br)SC1=Nc1ccccc1. The molecule has 9 heteroatoms. The third-order valence-corrected chi connectivity index (χ3v) is 7.16. The van der Waals surface area contributed by atoms with Crippen molar-refractivity contribution >= 4 is 50.5 Å². The first-order chi connectivity index (χ1) is 18.5. The Morgan fingerprint density at radius 1 is 1.00 bits per heavy atom. The van der Waals surface area contributed by atoms with Crippen molar-refractivity contribution in [3.63, 3.8) is 0 Å². The number of carbonyl (C=O) groups is 1. The van der Waals surface area contributed by atoms with Gasteiger partial charge in [-0.1, -0.05) is 46.3 Å². The van der Waals surface area contributed by atoms with Crippen molar-refractivity contribution in [1.82, 2.24) is 4.90 Å². The molecule has 4 rings (SSSR count). The first kappa shape index (κ1) is 27.9. The van der Waals surface area contributed by atoms with E-state index in [1.807, 2.05) is 56.3 Å². The fourth-order valence-corrected chi connectivity index (χ4v) is 5.13. The summed E-state index contributed by atoms with van der Waals surface area (Å²) in [6.45, 7) is 5.82. The van der Waals surface area contributed by atoms with E-state index in [2.05, 4.69) is 15.9 Å². The molecule has 6 nitrogen and oxygen atoms in total. The zero-order valence-corrected chi connectivity index (χ0v) is 23.6. The highest BCUT2D eigenvalue weighted by Gasteiger charge is 2.33. The van der Waals surface area contributed by atoms with Crippen LogP contribution in [0.25, 0.3) is 6.08 Å². The number of amides is 1. The van der Waals surface area contributed by atoms with Crippen LogP contribution in [0.2, 0.25) is 0 Å². The molecule has 0 aliphatic carbocycles. The van der Waals surface area contributed by atoms with Gasteiger partial charge in [-0.15, -0.1) is 0 Å². The average molecular weight is 600 g/mol. The minimum Gasteiger partial charge on any atom is -0.490 e. The second kappa shape index (κ2) is 13.6. The van der Waals surface area contributed by atoms with Crippen LogP contribution in [-0.4, -0.2) is 42.3 Å². The molecule has 0 spiro atoms. The highest BCUT2D eigenvalue weighted by Crippen LogP contribution is 2.39. The van der Waals surface area contributed by atoms with Crippen molar-refractivity contribution in [3.05, 3.63) is 93.1 Å². The Bertz CT molecular complexity index is 1330. The predicted octanol–water partition coefficient (Wildman–Crippen LogP) is 7.21. The molecule has 3 aromatic rings. The Kier molecular flexibility index (Phi) is 9.98. The molecule has 1 heterocycles. The number of aliphatic imine (C=N–C) groups is 1.